The van der Waals surface area contributed by atoms with Crippen molar-refractivity contribution in [2.75, 3.05) is 6.54 Å². The van der Waals surface area contributed by atoms with Crippen molar-refractivity contribution < 1.29 is 4.43 Å². The van der Waals surface area contributed by atoms with Crippen LogP contribution in [0.25, 0.3) is 0 Å². The third-order valence-electron chi connectivity index (χ3n) is 3.90. The second kappa shape index (κ2) is 7.19. The fraction of sp³-hybridized carbons (Fsp3) is 0.500. The van der Waals surface area contributed by atoms with Gasteiger partial charge in [-0.05, 0) is 29.8 Å². The molecule has 1 aromatic carbocycles. The maximum atomic E-state index is 6.38. The summed E-state index contributed by atoms with van der Waals surface area (Å²) in [6.07, 6.45) is 1.81. The number of hydrogen-bond donors (Lipinski definition) is 1. The molecule has 21 heavy (non-hydrogen) atoms. The van der Waals surface area contributed by atoms with Crippen LogP contribution in [-0.4, -0.2) is 14.9 Å². The zero-order valence-electron chi connectivity index (χ0n) is 13.5. The van der Waals surface area contributed by atoms with Crippen LogP contribution in [0, 0.1) is 0 Å². The van der Waals surface area contributed by atoms with Gasteiger partial charge in [0.2, 0.25) is 0 Å². The van der Waals surface area contributed by atoms with Gasteiger partial charge in [0.05, 0.1) is 5.02 Å². The average molecular weight is 346 g/mol. The molecule has 0 radical (unpaired) electrons. The Bertz CT molecular complexity index is 510. The standard InChI is InChI=1S/C16H25Cl2NOSi/c1-7-10-19-11-12-8-9-13(15(18)14(12)17)20-21(5,6)16(2,3)4/h7-9,19H,1,10-11H2,2-6H3. The van der Waals surface area contributed by atoms with Gasteiger partial charge in [-0.25, -0.2) is 0 Å². The van der Waals surface area contributed by atoms with Crippen LogP contribution in [0.2, 0.25) is 28.2 Å². The molecule has 1 rings (SSSR count). The predicted molar refractivity (Wildman–Crippen MR) is 96.2 cm³/mol. The minimum atomic E-state index is -1.92. The lowest BCUT2D eigenvalue weighted by molar-refractivity contribution is 0.492. The number of halogens is 2. The second-order valence-electron chi connectivity index (χ2n) is 6.63. The molecule has 118 valence electrons. The molecule has 0 saturated carbocycles. The fourth-order valence-electron chi connectivity index (χ4n) is 1.52. The van der Waals surface area contributed by atoms with Crippen LogP contribution >= 0.6 is 23.2 Å². The number of rotatable bonds is 6. The van der Waals surface area contributed by atoms with Gasteiger partial charge in [0.25, 0.3) is 8.32 Å². The summed E-state index contributed by atoms with van der Waals surface area (Å²) in [7, 11) is -1.92. The first kappa shape index (κ1) is 18.6. The van der Waals surface area contributed by atoms with Crippen LogP contribution in [0.3, 0.4) is 0 Å². The Morgan fingerprint density at radius 3 is 2.38 bits per heavy atom. The molecule has 0 heterocycles. The Hall–Kier alpha value is -0.483. The molecular formula is C16H25Cl2NOSi. The van der Waals surface area contributed by atoms with Gasteiger partial charge in [-0.3, -0.25) is 0 Å². The van der Waals surface area contributed by atoms with Gasteiger partial charge in [-0.15, -0.1) is 6.58 Å². The van der Waals surface area contributed by atoms with Gasteiger partial charge in [-0.1, -0.05) is 56.1 Å². The van der Waals surface area contributed by atoms with E-state index in [9.17, 15) is 0 Å². The highest BCUT2D eigenvalue weighted by molar-refractivity contribution is 6.74. The van der Waals surface area contributed by atoms with Crippen LogP contribution in [0.5, 0.6) is 5.75 Å². The second-order valence-corrected chi connectivity index (χ2v) is 12.1. The molecule has 0 fully saturated rings. The van der Waals surface area contributed by atoms with Crippen LogP contribution in [0.1, 0.15) is 26.3 Å². The lowest BCUT2D eigenvalue weighted by Crippen LogP contribution is -2.43. The molecule has 1 aromatic rings. The smallest absolute Gasteiger partial charge is 0.250 e. The first-order valence-corrected chi connectivity index (χ1v) is 10.7. The molecule has 0 aliphatic rings. The van der Waals surface area contributed by atoms with Crippen molar-refractivity contribution in [1.29, 1.82) is 0 Å². The molecule has 0 amide bonds. The summed E-state index contributed by atoms with van der Waals surface area (Å²) in [6.45, 7) is 16.0. The Balaban J connectivity index is 2.97. The Kier molecular flexibility index (Phi) is 6.35. The summed E-state index contributed by atoms with van der Waals surface area (Å²) >= 11 is 12.7. The highest BCUT2D eigenvalue weighted by Crippen LogP contribution is 2.41. The van der Waals surface area contributed by atoms with Gasteiger partial charge in [0.1, 0.15) is 10.8 Å². The topological polar surface area (TPSA) is 21.3 Å². The Morgan fingerprint density at radius 2 is 1.86 bits per heavy atom. The largest absolute Gasteiger partial charge is 0.542 e. The van der Waals surface area contributed by atoms with Gasteiger partial charge < -0.3 is 9.74 Å². The normalized spacial score (nSPS) is 12.3. The Morgan fingerprint density at radius 1 is 1.24 bits per heavy atom. The maximum absolute atomic E-state index is 6.38. The lowest BCUT2D eigenvalue weighted by atomic mass is 10.2. The number of hydrogen-bond acceptors (Lipinski definition) is 2. The summed E-state index contributed by atoms with van der Waals surface area (Å²) in [6, 6.07) is 3.88. The van der Waals surface area contributed by atoms with E-state index in [1.807, 2.05) is 18.2 Å². The molecule has 1 N–H and O–H groups in total. The van der Waals surface area contributed by atoms with E-state index in [0.29, 0.717) is 22.3 Å². The summed E-state index contributed by atoms with van der Waals surface area (Å²) < 4.78 is 6.24. The molecule has 0 aliphatic heterocycles. The van der Waals surface area contributed by atoms with E-state index in [-0.39, 0.29) is 5.04 Å². The molecule has 2 nitrogen and oxygen atoms in total. The minimum Gasteiger partial charge on any atom is -0.542 e. The van der Waals surface area contributed by atoms with E-state index in [4.69, 9.17) is 27.6 Å². The third-order valence-corrected chi connectivity index (χ3v) is 9.15. The predicted octanol–water partition coefficient (Wildman–Crippen LogP) is 5.65. The maximum Gasteiger partial charge on any atom is 0.250 e. The lowest BCUT2D eigenvalue weighted by Gasteiger charge is -2.36. The summed E-state index contributed by atoms with van der Waals surface area (Å²) in [4.78, 5) is 0. The molecule has 0 atom stereocenters. The van der Waals surface area contributed by atoms with Crippen molar-refractivity contribution in [3.63, 3.8) is 0 Å². The van der Waals surface area contributed by atoms with Crippen LogP contribution in [-0.2, 0) is 6.54 Å². The van der Waals surface area contributed by atoms with Crippen molar-refractivity contribution in [3.8, 4) is 5.75 Å². The molecule has 0 aromatic heterocycles. The van der Waals surface area contributed by atoms with Crippen molar-refractivity contribution in [2.45, 2.75) is 45.4 Å². The molecular weight excluding hydrogens is 321 g/mol. The van der Waals surface area contributed by atoms with Gasteiger partial charge in [-0.2, -0.15) is 0 Å². The third kappa shape index (κ3) is 4.75. The van der Waals surface area contributed by atoms with Crippen LogP contribution in [0.15, 0.2) is 24.8 Å². The fourth-order valence-corrected chi connectivity index (χ4v) is 3.06. The van der Waals surface area contributed by atoms with Crippen molar-refractivity contribution >= 4 is 31.5 Å². The van der Waals surface area contributed by atoms with E-state index in [0.717, 1.165) is 12.1 Å². The van der Waals surface area contributed by atoms with Crippen molar-refractivity contribution in [1.82, 2.24) is 5.32 Å². The first-order valence-electron chi connectivity index (χ1n) is 7.07. The molecule has 0 bridgehead atoms. The summed E-state index contributed by atoms with van der Waals surface area (Å²) in [5, 5.41) is 4.40. The molecule has 0 unspecified atom stereocenters. The van der Waals surface area contributed by atoms with Crippen LogP contribution < -0.4 is 9.74 Å². The summed E-state index contributed by atoms with van der Waals surface area (Å²) in [5.41, 5.74) is 0.964. The van der Waals surface area contributed by atoms with E-state index >= 15 is 0 Å². The number of nitrogens with one attached hydrogen (secondary N) is 1. The molecule has 0 saturated heterocycles. The SMILES string of the molecule is C=CCNCc1ccc(O[Si](C)(C)C(C)(C)C)c(Cl)c1Cl. The van der Waals surface area contributed by atoms with E-state index < -0.39 is 8.32 Å². The van der Waals surface area contributed by atoms with Crippen LogP contribution in [0.4, 0.5) is 0 Å². The monoisotopic (exact) mass is 345 g/mol. The zero-order valence-corrected chi connectivity index (χ0v) is 16.0. The average Bonchev–Trinajstić information content (AvgIpc) is 2.36. The van der Waals surface area contributed by atoms with Crippen molar-refractivity contribution in [3.05, 3.63) is 40.4 Å². The zero-order chi connectivity index (χ0) is 16.3. The van der Waals surface area contributed by atoms with Gasteiger partial charge >= 0.3 is 0 Å². The van der Waals surface area contributed by atoms with Crippen molar-refractivity contribution in [2.24, 2.45) is 0 Å². The van der Waals surface area contributed by atoms with E-state index in [1.165, 1.54) is 0 Å². The molecule has 0 aliphatic carbocycles. The van der Waals surface area contributed by atoms with Gasteiger partial charge in [0.15, 0.2) is 0 Å². The van der Waals surface area contributed by atoms with Gasteiger partial charge in [0, 0.05) is 13.1 Å². The molecule has 0 spiro atoms. The highest BCUT2D eigenvalue weighted by Gasteiger charge is 2.39. The Labute approximate surface area is 139 Å². The quantitative estimate of drug-likeness (QED) is 0.408. The summed E-state index contributed by atoms with van der Waals surface area (Å²) in [5.74, 6) is 0.681. The first-order chi connectivity index (χ1) is 9.60. The minimum absolute atomic E-state index is 0.118. The molecule has 5 heteroatoms. The van der Waals surface area contributed by atoms with E-state index in [2.05, 4.69) is 45.8 Å². The van der Waals surface area contributed by atoms with E-state index in [1.54, 1.807) is 0 Å². The highest BCUT2D eigenvalue weighted by atomic mass is 35.5. The number of benzene rings is 1.